The summed E-state index contributed by atoms with van der Waals surface area (Å²) in [5, 5.41) is 4.16. The van der Waals surface area contributed by atoms with Gasteiger partial charge in [0, 0.05) is 10.6 Å². The van der Waals surface area contributed by atoms with E-state index in [1.165, 1.54) is 0 Å². The molecule has 0 bridgehead atoms. The molecule has 0 unspecified atom stereocenters. The summed E-state index contributed by atoms with van der Waals surface area (Å²) in [4.78, 5) is 3.84. The monoisotopic (exact) mass is 274 g/mol. The molecule has 1 aromatic carbocycles. The summed E-state index contributed by atoms with van der Waals surface area (Å²) in [7, 11) is -4.17. The predicted octanol–water partition coefficient (Wildman–Crippen LogP) is 1.78. The van der Waals surface area contributed by atoms with Crippen molar-refractivity contribution in [2.45, 2.75) is 5.75 Å². The van der Waals surface area contributed by atoms with Crippen molar-refractivity contribution in [2.75, 3.05) is 0 Å². The third-order valence-corrected chi connectivity index (χ3v) is 2.74. The molecule has 0 atom stereocenters. The van der Waals surface area contributed by atoms with Gasteiger partial charge in [-0.25, -0.2) is 0 Å². The average Bonchev–Trinajstić information content (AvgIpc) is 2.64. The van der Waals surface area contributed by atoms with E-state index in [4.69, 9.17) is 20.7 Å². The number of benzene rings is 1. The molecule has 8 heteroatoms. The van der Waals surface area contributed by atoms with Crippen molar-refractivity contribution in [3.63, 3.8) is 0 Å². The van der Waals surface area contributed by atoms with Gasteiger partial charge in [-0.05, 0) is 24.3 Å². The Labute approximate surface area is 102 Å². The lowest BCUT2D eigenvalue weighted by molar-refractivity contribution is 0.384. The first-order chi connectivity index (χ1) is 7.94. The molecular weight excluding hydrogens is 268 g/mol. The molecule has 0 aliphatic rings. The molecule has 2 aromatic rings. The Morgan fingerprint density at radius 3 is 2.53 bits per heavy atom. The van der Waals surface area contributed by atoms with Crippen LogP contribution in [0.1, 0.15) is 5.89 Å². The van der Waals surface area contributed by atoms with Crippen molar-refractivity contribution in [3.05, 3.63) is 35.2 Å². The second kappa shape index (κ2) is 4.44. The molecule has 0 fully saturated rings. The van der Waals surface area contributed by atoms with E-state index in [0.29, 0.717) is 10.6 Å². The summed E-state index contributed by atoms with van der Waals surface area (Å²) in [5.74, 6) is -0.633. The number of rotatable bonds is 3. The smallest absolute Gasteiger partial charge is 0.274 e. The zero-order valence-corrected chi connectivity index (χ0v) is 9.94. The number of nitrogens with zero attached hydrogens (tertiary/aromatic N) is 2. The molecule has 0 aliphatic carbocycles. The number of hydrogen-bond donors (Lipinski definition) is 1. The molecule has 6 nitrogen and oxygen atoms in total. The maximum absolute atomic E-state index is 10.6. The Bertz CT molecular complexity index is 621. The summed E-state index contributed by atoms with van der Waals surface area (Å²) in [6, 6.07) is 6.64. The lowest BCUT2D eigenvalue weighted by atomic mass is 10.2. The highest BCUT2D eigenvalue weighted by molar-refractivity contribution is 7.84. The third kappa shape index (κ3) is 3.26. The largest absolute Gasteiger partial charge is 0.338 e. The van der Waals surface area contributed by atoms with E-state index in [0.717, 1.165) is 0 Å². The van der Waals surface area contributed by atoms with Crippen LogP contribution >= 0.6 is 11.6 Å². The van der Waals surface area contributed by atoms with Crippen LogP contribution in [0.2, 0.25) is 5.02 Å². The van der Waals surface area contributed by atoms with Gasteiger partial charge in [0.05, 0.1) is 0 Å². The van der Waals surface area contributed by atoms with Crippen LogP contribution in [0.3, 0.4) is 0 Å². The standard InChI is InChI=1S/C9H7ClN2O4S/c10-7-3-1-6(2-4-7)9-11-8(16-12-9)5-17(13,14)15/h1-4H,5H2,(H,13,14,15). The van der Waals surface area contributed by atoms with Gasteiger partial charge in [0.1, 0.15) is 0 Å². The van der Waals surface area contributed by atoms with Crippen LogP contribution in [0, 0.1) is 0 Å². The zero-order chi connectivity index (χ0) is 12.5. The molecule has 90 valence electrons. The van der Waals surface area contributed by atoms with Crippen molar-refractivity contribution in [1.29, 1.82) is 0 Å². The summed E-state index contributed by atoms with van der Waals surface area (Å²) in [6.45, 7) is 0. The van der Waals surface area contributed by atoms with E-state index in [-0.39, 0.29) is 11.7 Å². The van der Waals surface area contributed by atoms with Crippen LogP contribution in [0.15, 0.2) is 28.8 Å². The lowest BCUT2D eigenvalue weighted by Gasteiger charge is -1.93. The van der Waals surface area contributed by atoms with Gasteiger partial charge in [0.2, 0.25) is 11.7 Å². The molecule has 1 N–H and O–H groups in total. The van der Waals surface area contributed by atoms with Crippen molar-refractivity contribution < 1.29 is 17.5 Å². The highest BCUT2D eigenvalue weighted by Crippen LogP contribution is 2.18. The maximum Gasteiger partial charge on any atom is 0.274 e. The first kappa shape index (κ1) is 12.0. The molecule has 1 aromatic heterocycles. The molecule has 0 amide bonds. The lowest BCUT2D eigenvalue weighted by Crippen LogP contribution is -2.01. The minimum Gasteiger partial charge on any atom is -0.338 e. The van der Waals surface area contributed by atoms with Crippen LogP contribution < -0.4 is 0 Å². The van der Waals surface area contributed by atoms with Crippen LogP contribution in [0.4, 0.5) is 0 Å². The second-order valence-corrected chi connectivity index (χ2v) is 5.13. The third-order valence-electron chi connectivity index (χ3n) is 1.88. The second-order valence-electron chi connectivity index (χ2n) is 3.24. The van der Waals surface area contributed by atoms with E-state index in [1.54, 1.807) is 24.3 Å². The Kier molecular flexibility index (Phi) is 3.14. The Hall–Kier alpha value is -1.44. The van der Waals surface area contributed by atoms with Crippen molar-refractivity contribution in [1.82, 2.24) is 10.1 Å². The summed E-state index contributed by atoms with van der Waals surface area (Å²) >= 11 is 5.71. The molecule has 0 saturated carbocycles. The van der Waals surface area contributed by atoms with Crippen LogP contribution in [0.5, 0.6) is 0 Å². The van der Waals surface area contributed by atoms with E-state index < -0.39 is 15.9 Å². The average molecular weight is 275 g/mol. The van der Waals surface area contributed by atoms with Gasteiger partial charge in [-0.2, -0.15) is 13.4 Å². The highest BCUT2D eigenvalue weighted by Gasteiger charge is 2.14. The highest BCUT2D eigenvalue weighted by atomic mass is 35.5. The van der Waals surface area contributed by atoms with Crippen molar-refractivity contribution >= 4 is 21.7 Å². The Morgan fingerprint density at radius 2 is 1.94 bits per heavy atom. The quantitative estimate of drug-likeness (QED) is 0.858. The van der Waals surface area contributed by atoms with E-state index in [2.05, 4.69) is 10.1 Å². The molecule has 17 heavy (non-hydrogen) atoms. The minimum absolute atomic E-state index is 0.169. The molecule has 0 aliphatic heterocycles. The first-order valence-corrected chi connectivity index (χ1v) is 6.46. The number of aromatic nitrogens is 2. The molecule has 0 radical (unpaired) electrons. The first-order valence-electron chi connectivity index (χ1n) is 4.48. The van der Waals surface area contributed by atoms with Gasteiger partial charge in [0.25, 0.3) is 10.1 Å². The fourth-order valence-electron chi connectivity index (χ4n) is 1.19. The number of hydrogen-bond acceptors (Lipinski definition) is 5. The van der Waals surface area contributed by atoms with Gasteiger partial charge < -0.3 is 4.52 Å². The fourth-order valence-corrected chi connectivity index (χ4v) is 1.74. The predicted molar refractivity (Wildman–Crippen MR) is 60.0 cm³/mol. The van der Waals surface area contributed by atoms with Crippen LogP contribution in [-0.2, 0) is 15.9 Å². The van der Waals surface area contributed by atoms with Gasteiger partial charge in [-0.15, -0.1) is 0 Å². The summed E-state index contributed by atoms with van der Waals surface area (Å²) in [5.41, 5.74) is 0.639. The van der Waals surface area contributed by atoms with Gasteiger partial charge in [0.15, 0.2) is 5.75 Å². The SMILES string of the molecule is O=S(=O)(O)Cc1nc(-c2ccc(Cl)cc2)no1. The van der Waals surface area contributed by atoms with Gasteiger partial charge >= 0.3 is 0 Å². The van der Waals surface area contributed by atoms with Gasteiger partial charge in [-0.3, -0.25) is 4.55 Å². The van der Waals surface area contributed by atoms with Gasteiger partial charge in [-0.1, -0.05) is 16.8 Å². The fraction of sp³-hybridized carbons (Fsp3) is 0.111. The van der Waals surface area contributed by atoms with Crippen molar-refractivity contribution in [3.8, 4) is 11.4 Å². The molecule has 0 spiro atoms. The van der Waals surface area contributed by atoms with E-state index >= 15 is 0 Å². The minimum atomic E-state index is -4.17. The Morgan fingerprint density at radius 1 is 1.29 bits per heavy atom. The zero-order valence-electron chi connectivity index (χ0n) is 8.37. The number of halogens is 1. The molecule has 0 saturated heterocycles. The normalized spacial score (nSPS) is 11.6. The maximum atomic E-state index is 10.6. The molecule has 1 heterocycles. The van der Waals surface area contributed by atoms with Crippen LogP contribution in [-0.4, -0.2) is 23.1 Å². The van der Waals surface area contributed by atoms with Crippen molar-refractivity contribution in [2.24, 2.45) is 0 Å². The van der Waals surface area contributed by atoms with E-state index in [9.17, 15) is 8.42 Å². The molecular formula is C9H7ClN2O4S. The Balaban J connectivity index is 2.27. The topological polar surface area (TPSA) is 93.3 Å². The summed E-state index contributed by atoms with van der Waals surface area (Å²) < 4.78 is 34.5. The van der Waals surface area contributed by atoms with Crippen LogP contribution in [0.25, 0.3) is 11.4 Å². The molecule has 2 rings (SSSR count). The summed E-state index contributed by atoms with van der Waals surface area (Å²) in [6.07, 6.45) is 0. The van der Waals surface area contributed by atoms with E-state index in [1.807, 2.05) is 0 Å².